The van der Waals surface area contributed by atoms with Crippen molar-refractivity contribution in [2.45, 2.75) is 13.3 Å². The first kappa shape index (κ1) is 15.2. The van der Waals surface area contributed by atoms with Gasteiger partial charge >= 0.3 is 5.69 Å². The molecule has 0 fully saturated rings. The third-order valence-corrected chi connectivity index (χ3v) is 3.15. The first-order chi connectivity index (χ1) is 9.04. The number of methoxy groups -OCH3 is 1. The molecule has 0 aliphatic carbocycles. The van der Waals surface area contributed by atoms with Gasteiger partial charge in [0.25, 0.3) is 0 Å². The molecule has 0 aromatic heterocycles. The normalized spacial score (nSPS) is 10.6. The minimum Gasteiger partial charge on any atom is -0.490 e. The maximum Gasteiger partial charge on any atom is 0.311 e. The van der Waals surface area contributed by atoms with Gasteiger partial charge in [-0.1, -0.05) is 30.0 Å². The summed E-state index contributed by atoms with van der Waals surface area (Å²) in [5.41, 5.74) is 0.683. The molecule has 0 spiro atoms. The lowest BCUT2D eigenvalue weighted by molar-refractivity contribution is -0.385. The van der Waals surface area contributed by atoms with Gasteiger partial charge in [0, 0.05) is 18.7 Å². The Hall–Kier alpha value is -1.82. The molecule has 0 heterocycles. The molecule has 0 aliphatic heterocycles. The van der Waals surface area contributed by atoms with E-state index in [1.54, 1.807) is 18.2 Å². The van der Waals surface area contributed by atoms with Crippen LogP contribution in [0.25, 0.3) is 6.08 Å². The fraction of sp³-hybridized carbons (Fsp3) is 0.308. The summed E-state index contributed by atoms with van der Waals surface area (Å²) in [6, 6.07) is 4.79. The van der Waals surface area contributed by atoms with Crippen LogP contribution in [0, 0.1) is 10.1 Å². The Labute approximate surface area is 115 Å². The van der Waals surface area contributed by atoms with Crippen molar-refractivity contribution in [3.8, 4) is 5.75 Å². The van der Waals surface area contributed by atoms with E-state index < -0.39 is 4.92 Å². The fourth-order valence-corrected chi connectivity index (χ4v) is 1.98. The van der Waals surface area contributed by atoms with Crippen molar-refractivity contribution in [1.82, 2.24) is 0 Å². The third kappa shape index (κ3) is 5.13. The summed E-state index contributed by atoms with van der Waals surface area (Å²) >= 11 is 1.26. The number of carbonyl (C=O) groups excluding carboxylic acids is 1. The molecular formula is C13H15NO4S. The minimum absolute atomic E-state index is 0.0530. The average molecular weight is 281 g/mol. The highest BCUT2D eigenvalue weighted by Crippen LogP contribution is 2.27. The molecule has 0 aliphatic rings. The molecule has 0 amide bonds. The Morgan fingerprint density at radius 3 is 2.84 bits per heavy atom. The van der Waals surface area contributed by atoms with E-state index in [2.05, 4.69) is 0 Å². The van der Waals surface area contributed by atoms with Gasteiger partial charge in [-0.3, -0.25) is 14.9 Å². The molecule has 0 N–H and O–H groups in total. The second-order valence-electron chi connectivity index (χ2n) is 3.72. The number of rotatable bonds is 6. The molecule has 6 heteroatoms. The van der Waals surface area contributed by atoms with E-state index in [9.17, 15) is 14.9 Å². The molecule has 19 heavy (non-hydrogen) atoms. The van der Waals surface area contributed by atoms with Crippen molar-refractivity contribution in [2.24, 2.45) is 0 Å². The van der Waals surface area contributed by atoms with Crippen LogP contribution in [0.15, 0.2) is 24.3 Å². The Morgan fingerprint density at radius 1 is 1.53 bits per heavy atom. The maximum absolute atomic E-state index is 10.8. The number of nitro groups is 1. The number of allylic oxidation sites excluding steroid dienone is 1. The van der Waals surface area contributed by atoms with Gasteiger partial charge < -0.3 is 4.74 Å². The molecule has 0 saturated carbocycles. The first-order valence-corrected chi connectivity index (χ1v) is 6.65. The number of thioether (sulfide) groups is 1. The predicted octanol–water partition coefficient (Wildman–Crippen LogP) is 3.29. The van der Waals surface area contributed by atoms with E-state index in [0.29, 0.717) is 5.75 Å². The van der Waals surface area contributed by atoms with Crippen LogP contribution in [0.2, 0.25) is 0 Å². The molecule has 0 unspecified atom stereocenters. The number of ether oxygens (including phenoxy) is 1. The smallest absolute Gasteiger partial charge is 0.311 e. The van der Waals surface area contributed by atoms with Crippen LogP contribution in [-0.2, 0) is 4.79 Å². The molecular weight excluding hydrogens is 266 g/mol. The van der Waals surface area contributed by atoms with Crippen LogP contribution in [0.5, 0.6) is 5.75 Å². The van der Waals surface area contributed by atoms with Gasteiger partial charge in [0.15, 0.2) is 10.9 Å². The zero-order valence-corrected chi connectivity index (χ0v) is 11.6. The van der Waals surface area contributed by atoms with Crippen molar-refractivity contribution in [3.05, 3.63) is 40.0 Å². The second-order valence-corrected chi connectivity index (χ2v) is 4.99. The minimum atomic E-state index is -0.470. The molecule has 1 aromatic rings. The van der Waals surface area contributed by atoms with Gasteiger partial charge in [-0.25, -0.2) is 0 Å². The first-order valence-electron chi connectivity index (χ1n) is 5.67. The highest BCUT2D eigenvalue weighted by atomic mass is 32.2. The van der Waals surface area contributed by atoms with Crippen LogP contribution in [0.3, 0.4) is 0 Å². The van der Waals surface area contributed by atoms with Gasteiger partial charge in [0.05, 0.1) is 12.0 Å². The maximum atomic E-state index is 10.8. The van der Waals surface area contributed by atoms with Gasteiger partial charge in [-0.15, -0.1) is 0 Å². The summed E-state index contributed by atoms with van der Waals surface area (Å²) < 4.78 is 4.92. The third-order valence-electron chi connectivity index (χ3n) is 2.30. The zero-order valence-electron chi connectivity index (χ0n) is 10.8. The second kappa shape index (κ2) is 7.58. The number of nitrogens with zero attached hydrogens (tertiary/aromatic N) is 1. The summed E-state index contributed by atoms with van der Waals surface area (Å²) in [5, 5.41) is 10.9. The average Bonchev–Trinajstić information content (AvgIpc) is 2.37. The number of carbonyl (C=O) groups is 1. The number of benzene rings is 1. The van der Waals surface area contributed by atoms with E-state index in [1.807, 2.05) is 6.08 Å². The van der Waals surface area contributed by atoms with Gasteiger partial charge in [-0.05, 0) is 18.1 Å². The summed E-state index contributed by atoms with van der Waals surface area (Å²) in [5.74, 6) is 0.957. The van der Waals surface area contributed by atoms with Crippen LogP contribution >= 0.6 is 11.8 Å². The van der Waals surface area contributed by atoms with Crippen molar-refractivity contribution < 1.29 is 14.5 Å². The van der Waals surface area contributed by atoms with Crippen LogP contribution in [0.4, 0.5) is 5.69 Å². The van der Waals surface area contributed by atoms with E-state index in [4.69, 9.17) is 4.74 Å². The highest BCUT2D eigenvalue weighted by molar-refractivity contribution is 8.13. The monoisotopic (exact) mass is 281 g/mol. The molecule has 0 radical (unpaired) electrons. The van der Waals surface area contributed by atoms with Gasteiger partial charge in [0.1, 0.15) is 0 Å². The summed E-state index contributed by atoms with van der Waals surface area (Å²) in [6.07, 6.45) is 4.43. The van der Waals surface area contributed by atoms with E-state index in [1.165, 1.54) is 31.9 Å². The van der Waals surface area contributed by atoms with Crippen molar-refractivity contribution in [1.29, 1.82) is 0 Å². The number of hydrogen-bond donors (Lipinski definition) is 0. The summed E-state index contributed by atoms with van der Waals surface area (Å²) in [4.78, 5) is 21.1. The molecule has 102 valence electrons. The largest absolute Gasteiger partial charge is 0.490 e. The summed E-state index contributed by atoms with van der Waals surface area (Å²) in [6.45, 7) is 1.53. The highest BCUT2D eigenvalue weighted by Gasteiger charge is 2.13. The van der Waals surface area contributed by atoms with E-state index in [0.717, 1.165) is 12.0 Å². The SMILES string of the molecule is COc1ccc(C=CCCSC(C)=O)cc1[N+](=O)[O-]. The summed E-state index contributed by atoms with van der Waals surface area (Å²) in [7, 11) is 1.40. The van der Waals surface area contributed by atoms with Crippen LogP contribution < -0.4 is 4.74 Å². The molecule has 0 saturated heterocycles. The Morgan fingerprint density at radius 2 is 2.26 bits per heavy atom. The van der Waals surface area contributed by atoms with Crippen LogP contribution in [-0.4, -0.2) is 22.9 Å². The van der Waals surface area contributed by atoms with E-state index in [-0.39, 0.29) is 16.6 Å². The van der Waals surface area contributed by atoms with Crippen molar-refractivity contribution in [3.63, 3.8) is 0 Å². The number of nitro benzene ring substituents is 1. The van der Waals surface area contributed by atoms with Crippen LogP contribution in [0.1, 0.15) is 18.9 Å². The molecule has 0 atom stereocenters. The van der Waals surface area contributed by atoms with Crippen molar-refractivity contribution >= 4 is 28.6 Å². The van der Waals surface area contributed by atoms with Gasteiger partial charge in [-0.2, -0.15) is 0 Å². The lowest BCUT2D eigenvalue weighted by Crippen LogP contribution is -1.93. The standard InChI is InChI=1S/C13H15NO4S/c1-10(15)19-8-4-3-5-11-6-7-13(18-2)12(9-11)14(16)17/h3,5-7,9H,4,8H2,1-2H3. The molecule has 5 nitrogen and oxygen atoms in total. The molecule has 0 bridgehead atoms. The molecule has 1 aromatic carbocycles. The van der Waals surface area contributed by atoms with Crippen molar-refractivity contribution in [2.75, 3.05) is 12.9 Å². The Balaban J connectivity index is 2.69. The zero-order chi connectivity index (χ0) is 14.3. The number of hydrogen-bond acceptors (Lipinski definition) is 5. The van der Waals surface area contributed by atoms with E-state index >= 15 is 0 Å². The Bertz CT molecular complexity index is 499. The Kier molecular flexibility index (Phi) is 6.08. The molecule has 1 rings (SSSR count). The topological polar surface area (TPSA) is 69.4 Å². The lowest BCUT2D eigenvalue weighted by atomic mass is 10.1. The lowest BCUT2D eigenvalue weighted by Gasteiger charge is -2.02. The fourth-order valence-electron chi connectivity index (χ4n) is 1.44. The quantitative estimate of drug-likeness (QED) is 0.454. The van der Waals surface area contributed by atoms with Gasteiger partial charge in [0.2, 0.25) is 0 Å². The predicted molar refractivity (Wildman–Crippen MR) is 76.4 cm³/mol.